The molecule has 0 aromatic heterocycles. The summed E-state index contributed by atoms with van der Waals surface area (Å²) in [6.07, 6.45) is 7.62. The van der Waals surface area contributed by atoms with Crippen molar-refractivity contribution in [2.75, 3.05) is 6.54 Å². The maximum atomic E-state index is 12.1. The molecule has 18 heavy (non-hydrogen) atoms. The molecule has 98 valence electrons. The van der Waals surface area contributed by atoms with Crippen LogP contribution in [-0.2, 0) is 0 Å². The van der Waals surface area contributed by atoms with E-state index in [0.29, 0.717) is 6.04 Å². The zero-order chi connectivity index (χ0) is 12.8. The van der Waals surface area contributed by atoms with Gasteiger partial charge in [0.2, 0.25) is 0 Å². The molecule has 0 bridgehead atoms. The third-order valence-corrected chi connectivity index (χ3v) is 2.95. The monoisotopic (exact) mass is 253 g/mol. The lowest BCUT2D eigenvalue weighted by Crippen LogP contribution is -2.31. The predicted octanol–water partition coefficient (Wildman–Crippen LogP) is 3.44. The van der Waals surface area contributed by atoms with Gasteiger partial charge >= 0.3 is 6.61 Å². The topological polar surface area (TPSA) is 21.3 Å². The summed E-state index contributed by atoms with van der Waals surface area (Å²) in [6.45, 7) is -1.73. The number of halogens is 2. The molecule has 1 aromatic rings. The zero-order valence-corrected chi connectivity index (χ0v) is 10.1. The molecule has 1 N–H and O–H groups in total. The number of hydrogen-bond acceptors (Lipinski definition) is 2. The first kappa shape index (κ1) is 13.0. The number of alkyl halides is 2. The minimum Gasteiger partial charge on any atom is -0.435 e. The second-order valence-corrected chi connectivity index (χ2v) is 4.37. The molecule has 4 heteroatoms. The van der Waals surface area contributed by atoms with Crippen molar-refractivity contribution >= 4 is 6.08 Å². The van der Waals surface area contributed by atoms with E-state index in [4.69, 9.17) is 0 Å². The molecule has 1 aliphatic heterocycles. The average molecular weight is 253 g/mol. The van der Waals surface area contributed by atoms with Gasteiger partial charge in [-0.2, -0.15) is 8.78 Å². The van der Waals surface area contributed by atoms with Crippen molar-refractivity contribution in [2.45, 2.75) is 31.9 Å². The Morgan fingerprint density at radius 1 is 1.33 bits per heavy atom. The highest BCUT2D eigenvalue weighted by molar-refractivity contribution is 5.52. The van der Waals surface area contributed by atoms with Crippen LogP contribution in [0.1, 0.15) is 24.8 Å². The zero-order valence-electron chi connectivity index (χ0n) is 10.1. The molecule has 1 aromatic carbocycles. The lowest BCUT2D eigenvalue weighted by atomic mass is 10.0. The lowest BCUT2D eigenvalue weighted by molar-refractivity contribution is -0.0498. The van der Waals surface area contributed by atoms with Crippen LogP contribution in [0.2, 0.25) is 0 Å². The summed E-state index contributed by atoms with van der Waals surface area (Å²) in [5.41, 5.74) is 0.875. The molecule has 1 atom stereocenters. The van der Waals surface area contributed by atoms with Gasteiger partial charge in [-0.05, 0) is 37.1 Å². The van der Waals surface area contributed by atoms with E-state index >= 15 is 0 Å². The molecule has 1 unspecified atom stereocenters. The standard InChI is InChI=1S/C14H17F2NO/c15-14(16)18-13-6-3-4-11(10-13)7-8-12-5-1-2-9-17-12/h3-4,6-8,10,12,14,17H,1-2,5,9H2/b8-7+. The minimum atomic E-state index is -2.77. The Bertz CT molecular complexity index is 401. The van der Waals surface area contributed by atoms with Crippen molar-refractivity contribution in [3.8, 4) is 5.75 Å². The second-order valence-electron chi connectivity index (χ2n) is 4.37. The van der Waals surface area contributed by atoms with Crippen molar-refractivity contribution in [2.24, 2.45) is 0 Å². The Morgan fingerprint density at radius 2 is 2.22 bits per heavy atom. The van der Waals surface area contributed by atoms with Crippen molar-refractivity contribution in [1.82, 2.24) is 5.32 Å². The van der Waals surface area contributed by atoms with Gasteiger partial charge in [0.15, 0.2) is 0 Å². The van der Waals surface area contributed by atoms with Crippen LogP contribution in [0.3, 0.4) is 0 Å². The first-order valence-corrected chi connectivity index (χ1v) is 6.20. The summed E-state index contributed by atoms with van der Waals surface area (Å²) in [4.78, 5) is 0. The van der Waals surface area contributed by atoms with Crippen molar-refractivity contribution in [3.05, 3.63) is 35.9 Å². The van der Waals surface area contributed by atoms with Crippen LogP contribution in [0.15, 0.2) is 30.3 Å². The summed E-state index contributed by atoms with van der Waals surface area (Å²) in [6, 6.07) is 7.12. The van der Waals surface area contributed by atoms with Crippen LogP contribution >= 0.6 is 0 Å². The first-order valence-electron chi connectivity index (χ1n) is 6.20. The molecular formula is C14H17F2NO. The summed E-state index contributed by atoms with van der Waals surface area (Å²) in [7, 11) is 0. The fourth-order valence-corrected chi connectivity index (χ4v) is 2.06. The molecule has 1 aliphatic rings. The number of piperidine rings is 1. The average Bonchev–Trinajstić information content (AvgIpc) is 2.37. The quantitative estimate of drug-likeness (QED) is 0.887. The second kappa shape index (κ2) is 6.50. The van der Waals surface area contributed by atoms with Crippen LogP contribution in [0.5, 0.6) is 5.75 Å². The van der Waals surface area contributed by atoms with E-state index in [1.807, 2.05) is 12.1 Å². The molecule has 1 heterocycles. The minimum absolute atomic E-state index is 0.198. The fraction of sp³-hybridized carbons (Fsp3) is 0.429. The van der Waals surface area contributed by atoms with Crippen LogP contribution in [0.25, 0.3) is 6.08 Å². The molecule has 0 aliphatic carbocycles. The van der Waals surface area contributed by atoms with E-state index in [0.717, 1.165) is 18.5 Å². The van der Waals surface area contributed by atoms with Gasteiger partial charge in [0, 0.05) is 6.04 Å². The molecule has 2 rings (SSSR count). The Labute approximate surface area is 106 Å². The summed E-state index contributed by atoms with van der Waals surface area (Å²) >= 11 is 0. The first-order chi connectivity index (χ1) is 8.74. The van der Waals surface area contributed by atoms with Crippen LogP contribution in [0, 0.1) is 0 Å². The molecule has 0 spiro atoms. The molecule has 0 saturated carbocycles. The predicted molar refractivity (Wildman–Crippen MR) is 67.7 cm³/mol. The van der Waals surface area contributed by atoms with Crippen molar-refractivity contribution in [3.63, 3.8) is 0 Å². The Hall–Kier alpha value is -1.42. The molecule has 0 radical (unpaired) electrons. The van der Waals surface area contributed by atoms with Gasteiger partial charge < -0.3 is 10.1 Å². The SMILES string of the molecule is FC(F)Oc1cccc(/C=C/C2CCCCN2)c1. The van der Waals surface area contributed by atoms with Crippen LogP contribution < -0.4 is 10.1 Å². The van der Waals surface area contributed by atoms with Gasteiger partial charge in [0.25, 0.3) is 0 Å². The van der Waals surface area contributed by atoms with Crippen LogP contribution in [-0.4, -0.2) is 19.2 Å². The van der Waals surface area contributed by atoms with E-state index < -0.39 is 6.61 Å². The number of benzene rings is 1. The van der Waals surface area contributed by atoms with E-state index in [2.05, 4.69) is 16.1 Å². The van der Waals surface area contributed by atoms with Gasteiger partial charge in [-0.3, -0.25) is 0 Å². The molecule has 1 saturated heterocycles. The molecule has 1 fully saturated rings. The Morgan fingerprint density at radius 3 is 2.94 bits per heavy atom. The summed E-state index contributed by atoms with van der Waals surface area (Å²) in [5.74, 6) is 0.198. The largest absolute Gasteiger partial charge is 0.435 e. The maximum Gasteiger partial charge on any atom is 0.387 e. The van der Waals surface area contributed by atoms with E-state index in [1.54, 1.807) is 12.1 Å². The lowest BCUT2D eigenvalue weighted by Gasteiger charge is -2.20. The van der Waals surface area contributed by atoms with Gasteiger partial charge in [-0.1, -0.05) is 30.7 Å². The van der Waals surface area contributed by atoms with Crippen molar-refractivity contribution in [1.29, 1.82) is 0 Å². The molecular weight excluding hydrogens is 236 g/mol. The third kappa shape index (κ3) is 4.11. The van der Waals surface area contributed by atoms with Crippen LogP contribution in [0.4, 0.5) is 8.78 Å². The highest BCUT2D eigenvalue weighted by Crippen LogP contribution is 2.17. The smallest absolute Gasteiger partial charge is 0.387 e. The maximum absolute atomic E-state index is 12.1. The van der Waals surface area contributed by atoms with Gasteiger partial charge in [0.05, 0.1) is 0 Å². The van der Waals surface area contributed by atoms with Gasteiger partial charge in [0.1, 0.15) is 5.75 Å². The number of nitrogens with one attached hydrogen (secondary N) is 1. The Kier molecular flexibility index (Phi) is 4.70. The molecule has 2 nitrogen and oxygen atoms in total. The van der Waals surface area contributed by atoms with E-state index in [1.165, 1.54) is 18.9 Å². The number of ether oxygens (including phenoxy) is 1. The van der Waals surface area contributed by atoms with E-state index in [9.17, 15) is 8.78 Å². The summed E-state index contributed by atoms with van der Waals surface area (Å²) in [5, 5.41) is 3.40. The Balaban J connectivity index is 1.97. The third-order valence-electron chi connectivity index (χ3n) is 2.95. The normalized spacial score (nSPS) is 20.5. The summed E-state index contributed by atoms with van der Waals surface area (Å²) < 4.78 is 28.5. The fourth-order valence-electron chi connectivity index (χ4n) is 2.06. The highest BCUT2D eigenvalue weighted by atomic mass is 19.3. The number of hydrogen-bond donors (Lipinski definition) is 1. The number of rotatable bonds is 4. The van der Waals surface area contributed by atoms with Crippen molar-refractivity contribution < 1.29 is 13.5 Å². The van der Waals surface area contributed by atoms with E-state index in [-0.39, 0.29) is 5.75 Å². The van der Waals surface area contributed by atoms with Gasteiger partial charge in [-0.15, -0.1) is 0 Å². The van der Waals surface area contributed by atoms with Gasteiger partial charge in [-0.25, -0.2) is 0 Å². The molecule has 0 amide bonds. The highest BCUT2D eigenvalue weighted by Gasteiger charge is 2.08.